The van der Waals surface area contributed by atoms with Gasteiger partial charge in [0, 0.05) is 0 Å². The summed E-state index contributed by atoms with van der Waals surface area (Å²) in [5.41, 5.74) is 1.54. The molecule has 2 amide bonds. The number of rotatable bonds is 8. The van der Waals surface area contributed by atoms with Crippen molar-refractivity contribution in [2.75, 3.05) is 24.4 Å². The minimum atomic E-state index is -0.532. The molecule has 2 aromatic carbocycles. The summed E-state index contributed by atoms with van der Waals surface area (Å²) in [6.07, 6.45) is 0. The van der Waals surface area contributed by atoms with E-state index in [0.717, 1.165) is 0 Å². The highest BCUT2D eigenvalue weighted by Gasteiger charge is 2.20. The lowest BCUT2D eigenvalue weighted by Crippen LogP contribution is -2.22. The van der Waals surface area contributed by atoms with Crippen molar-refractivity contribution in [1.29, 1.82) is 0 Å². The lowest BCUT2D eigenvalue weighted by atomic mass is 10.2. The number of hydrogen-bond acceptors (Lipinski definition) is 7. The number of carbonyl (C=O) groups excluding carboxylic acids is 3. The standard InChI is InChI=1S/C22H23N5O5/c1-4-32-22(30)15-9-5-6-10-16(15)23-19(28)13-27-14(2)20(25-26-27)21(29)24-17-11-7-8-12-18(17)31-3/h5-12H,4,13H2,1-3H3,(H,23,28)(H,24,29). The molecule has 0 aliphatic carbocycles. The van der Waals surface area contributed by atoms with Crippen LogP contribution in [0.1, 0.15) is 33.5 Å². The number of anilines is 2. The molecule has 3 rings (SSSR count). The number of carbonyl (C=O) groups is 3. The highest BCUT2D eigenvalue weighted by Crippen LogP contribution is 2.24. The van der Waals surface area contributed by atoms with E-state index in [0.29, 0.717) is 22.8 Å². The number of nitrogens with zero attached hydrogens (tertiary/aromatic N) is 3. The number of benzene rings is 2. The molecule has 0 unspecified atom stereocenters. The fourth-order valence-electron chi connectivity index (χ4n) is 2.95. The third kappa shape index (κ3) is 5.09. The van der Waals surface area contributed by atoms with Crippen molar-refractivity contribution in [3.05, 3.63) is 65.5 Å². The zero-order valence-electron chi connectivity index (χ0n) is 17.9. The van der Waals surface area contributed by atoms with E-state index in [2.05, 4.69) is 20.9 Å². The molecule has 0 atom stereocenters. The van der Waals surface area contributed by atoms with Gasteiger partial charge in [-0.1, -0.05) is 29.5 Å². The predicted molar refractivity (Wildman–Crippen MR) is 117 cm³/mol. The van der Waals surface area contributed by atoms with Crippen LogP contribution < -0.4 is 15.4 Å². The van der Waals surface area contributed by atoms with Crippen LogP contribution in [0.25, 0.3) is 0 Å². The number of esters is 1. The van der Waals surface area contributed by atoms with Gasteiger partial charge in [0.2, 0.25) is 5.91 Å². The number of hydrogen-bond donors (Lipinski definition) is 2. The molecule has 0 aliphatic rings. The maximum Gasteiger partial charge on any atom is 0.340 e. The molecule has 0 radical (unpaired) electrons. The number of aromatic nitrogens is 3. The topological polar surface area (TPSA) is 124 Å². The number of amides is 2. The van der Waals surface area contributed by atoms with Crippen molar-refractivity contribution in [2.24, 2.45) is 0 Å². The fraction of sp³-hybridized carbons (Fsp3) is 0.227. The van der Waals surface area contributed by atoms with Crippen molar-refractivity contribution in [3.8, 4) is 5.75 Å². The van der Waals surface area contributed by atoms with Gasteiger partial charge in [-0.05, 0) is 38.1 Å². The third-order valence-corrected chi connectivity index (χ3v) is 4.54. The normalized spacial score (nSPS) is 10.3. The smallest absolute Gasteiger partial charge is 0.340 e. The summed E-state index contributed by atoms with van der Waals surface area (Å²) in [5, 5.41) is 13.2. The molecule has 0 saturated carbocycles. The molecule has 0 spiro atoms. The van der Waals surface area contributed by atoms with Crippen LogP contribution in [0.2, 0.25) is 0 Å². The Morgan fingerprint density at radius 3 is 2.41 bits per heavy atom. The van der Waals surface area contributed by atoms with E-state index in [1.807, 2.05) is 0 Å². The number of nitrogens with one attached hydrogen (secondary N) is 2. The van der Waals surface area contributed by atoms with Crippen LogP contribution in [0.4, 0.5) is 11.4 Å². The Balaban J connectivity index is 1.70. The summed E-state index contributed by atoms with van der Waals surface area (Å²) < 4.78 is 11.5. The van der Waals surface area contributed by atoms with Crippen molar-refractivity contribution in [3.63, 3.8) is 0 Å². The first-order valence-electron chi connectivity index (χ1n) is 9.85. The summed E-state index contributed by atoms with van der Waals surface area (Å²) in [7, 11) is 1.51. The van der Waals surface area contributed by atoms with Crippen molar-refractivity contribution < 1.29 is 23.9 Å². The van der Waals surface area contributed by atoms with E-state index < -0.39 is 17.8 Å². The Morgan fingerprint density at radius 1 is 1.00 bits per heavy atom. The van der Waals surface area contributed by atoms with E-state index in [4.69, 9.17) is 9.47 Å². The predicted octanol–water partition coefficient (Wildman–Crippen LogP) is 2.66. The van der Waals surface area contributed by atoms with Crippen molar-refractivity contribution >= 4 is 29.2 Å². The Kier molecular flexibility index (Phi) is 7.17. The summed E-state index contributed by atoms with van der Waals surface area (Å²) in [5.74, 6) is -0.945. The van der Waals surface area contributed by atoms with Crippen LogP contribution in [0.5, 0.6) is 5.75 Å². The highest BCUT2D eigenvalue weighted by atomic mass is 16.5. The van der Waals surface area contributed by atoms with Crippen LogP contribution >= 0.6 is 0 Å². The van der Waals surface area contributed by atoms with Gasteiger partial charge in [-0.15, -0.1) is 5.10 Å². The van der Waals surface area contributed by atoms with Crippen molar-refractivity contribution in [2.45, 2.75) is 20.4 Å². The van der Waals surface area contributed by atoms with Crippen LogP contribution in [-0.4, -0.2) is 46.5 Å². The molecule has 0 bridgehead atoms. The molecule has 10 heteroatoms. The first-order valence-corrected chi connectivity index (χ1v) is 9.85. The van der Waals surface area contributed by atoms with Crippen LogP contribution in [0, 0.1) is 6.92 Å². The number of para-hydroxylation sites is 3. The minimum absolute atomic E-state index is 0.0793. The highest BCUT2D eigenvalue weighted by molar-refractivity contribution is 6.04. The second-order valence-electron chi connectivity index (χ2n) is 6.65. The molecular weight excluding hydrogens is 414 g/mol. The Morgan fingerprint density at radius 2 is 1.69 bits per heavy atom. The van der Waals surface area contributed by atoms with Gasteiger partial charge in [0.15, 0.2) is 5.69 Å². The maximum absolute atomic E-state index is 12.6. The fourth-order valence-corrected chi connectivity index (χ4v) is 2.95. The van der Waals surface area contributed by atoms with E-state index in [1.165, 1.54) is 11.8 Å². The number of methoxy groups -OCH3 is 1. The molecule has 1 heterocycles. The average Bonchev–Trinajstić information content (AvgIpc) is 3.14. The first kappa shape index (κ1) is 22.5. The van der Waals surface area contributed by atoms with Gasteiger partial charge < -0.3 is 20.1 Å². The average molecular weight is 437 g/mol. The minimum Gasteiger partial charge on any atom is -0.495 e. The molecule has 10 nitrogen and oxygen atoms in total. The second kappa shape index (κ2) is 10.2. The van der Waals surface area contributed by atoms with E-state index in [9.17, 15) is 14.4 Å². The van der Waals surface area contributed by atoms with Gasteiger partial charge in [0.1, 0.15) is 12.3 Å². The van der Waals surface area contributed by atoms with Gasteiger partial charge >= 0.3 is 5.97 Å². The zero-order chi connectivity index (χ0) is 23.1. The molecule has 166 valence electrons. The molecule has 2 N–H and O–H groups in total. The molecule has 32 heavy (non-hydrogen) atoms. The summed E-state index contributed by atoms with van der Waals surface area (Å²) in [4.78, 5) is 37.3. The third-order valence-electron chi connectivity index (χ3n) is 4.54. The molecule has 0 aliphatic heterocycles. The SMILES string of the molecule is CCOC(=O)c1ccccc1NC(=O)Cn1nnc(C(=O)Nc2ccccc2OC)c1C. The van der Waals surface area contributed by atoms with Gasteiger partial charge in [-0.2, -0.15) is 0 Å². The lowest BCUT2D eigenvalue weighted by molar-refractivity contribution is -0.117. The van der Waals surface area contributed by atoms with E-state index in [-0.39, 0.29) is 24.4 Å². The quantitative estimate of drug-likeness (QED) is 0.519. The van der Waals surface area contributed by atoms with Gasteiger partial charge in [0.05, 0.1) is 36.3 Å². The molecule has 0 fully saturated rings. The maximum atomic E-state index is 12.6. The second-order valence-corrected chi connectivity index (χ2v) is 6.65. The van der Waals surface area contributed by atoms with Gasteiger partial charge in [-0.25, -0.2) is 9.48 Å². The monoisotopic (exact) mass is 437 g/mol. The van der Waals surface area contributed by atoms with Gasteiger partial charge in [0.25, 0.3) is 5.91 Å². The number of ether oxygens (including phenoxy) is 2. The Bertz CT molecular complexity index is 1140. The Hall–Kier alpha value is -4.21. The summed E-state index contributed by atoms with van der Waals surface area (Å²) in [6, 6.07) is 13.5. The zero-order valence-corrected chi connectivity index (χ0v) is 17.9. The van der Waals surface area contributed by atoms with Gasteiger partial charge in [-0.3, -0.25) is 9.59 Å². The molecule has 3 aromatic rings. The summed E-state index contributed by atoms with van der Waals surface area (Å²) in [6.45, 7) is 3.36. The molecular formula is C22H23N5O5. The van der Waals surface area contributed by atoms with Crippen LogP contribution in [0.3, 0.4) is 0 Å². The van der Waals surface area contributed by atoms with Crippen LogP contribution in [-0.2, 0) is 16.1 Å². The van der Waals surface area contributed by atoms with E-state index in [1.54, 1.807) is 62.4 Å². The lowest BCUT2D eigenvalue weighted by Gasteiger charge is -2.11. The Labute approximate surface area is 184 Å². The first-order chi connectivity index (χ1) is 15.4. The largest absolute Gasteiger partial charge is 0.495 e. The molecule has 1 aromatic heterocycles. The van der Waals surface area contributed by atoms with Crippen LogP contribution in [0.15, 0.2) is 48.5 Å². The van der Waals surface area contributed by atoms with Crippen molar-refractivity contribution in [1.82, 2.24) is 15.0 Å². The van der Waals surface area contributed by atoms with E-state index >= 15 is 0 Å². The molecule has 0 saturated heterocycles. The summed E-state index contributed by atoms with van der Waals surface area (Å²) >= 11 is 0.